The van der Waals surface area contributed by atoms with E-state index in [-0.39, 0.29) is 23.7 Å². The highest BCUT2D eigenvalue weighted by Gasteiger charge is 2.31. The van der Waals surface area contributed by atoms with Crippen LogP contribution in [0.25, 0.3) is 0 Å². The second-order valence-electron chi connectivity index (χ2n) is 4.04. The molecule has 0 spiro atoms. The number of hydrogen-bond donors (Lipinski definition) is 2. The maximum Gasteiger partial charge on any atom is 0.416 e. The van der Waals surface area contributed by atoms with Gasteiger partial charge in [-0.2, -0.15) is 13.2 Å². The first-order valence-electron chi connectivity index (χ1n) is 5.02. The first-order valence-corrected chi connectivity index (χ1v) is 5.02. The molecule has 0 saturated carbocycles. The number of phenols is 1. The van der Waals surface area contributed by atoms with Crippen molar-refractivity contribution in [3.05, 3.63) is 41.5 Å². The van der Waals surface area contributed by atoms with Crippen molar-refractivity contribution in [2.24, 2.45) is 5.73 Å². The Morgan fingerprint density at radius 2 is 2.00 bits per heavy atom. The summed E-state index contributed by atoms with van der Waals surface area (Å²) in [6.07, 6.45) is -4.11. The summed E-state index contributed by atoms with van der Waals surface area (Å²) in [5, 5.41) is 9.51. The molecule has 0 amide bonds. The number of halogens is 4. The maximum atomic E-state index is 12.5. The molecule has 0 aliphatic heterocycles. The molecule has 0 aliphatic rings. The van der Waals surface area contributed by atoms with Crippen LogP contribution in [0.5, 0.6) is 5.75 Å². The van der Waals surface area contributed by atoms with E-state index in [0.717, 1.165) is 23.8 Å². The second kappa shape index (κ2) is 6.11. The molecule has 1 rings (SSSR count). The number of hydrogen-bond acceptors (Lipinski definition) is 2. The first-order chi connectivity index (χ1) is 7.71. The summed E-state index contributed by atoms with van der Waals surface area (Å²) in [5.41, 5.74) is 5.73. The van der Waals surface area contributed by atoms with Crippen LogP contribution in [0, 0.1) is 0 Å². The predicted molar refractivity (Wildman–Crippen MR) is 66.7 cm³/mol. The molecule has 0 radical (unpaired) electrons. The van der Waals surface area contributed by atoms with E-state index in [0.29, 0.717) is 6.42 Å². The van der Waals surface area contributed by atoms with E-state index < -0.39 is 17.8 Å². The molecule has 0 aromatic heterocycles. The Kier molecular flexibility index (Phi) is 5.70. The monoisotopic (exact) mass is 281 g/mol. The largest absolute Gasteiger partial charge is 0.508 e. The number of nitrogens with two attached hydrogens (primary N) is 1. The molecule has 0 heterocycles. The molecule has 0 fully saturated rings. The van der Waals surface area contributed by atoms with Gasteiger partial charge in [-0.25, -0.2) is 0 Å². The van der Waals surface area contributed by atoms with Crippen LogP contribution in [0.3, 0.4) is 0 Å². The van der Waals surface area contributed by atoms with Crippen LogP contribution < -0.4 is 5.73 Å². The zero-order valence-electron chi connectivity index (χ0n) is 9.79. The van der Waals surface area contributed by atoms with Crippen molar-refractivity contribution in [3.8, 4) is 5.75 Å². The van der Waals surface area contributed by atoms with E-state index in [2.05, 4.69) is 6.58 Å². The fourth-order valence-corrected chi connectivity index (χ4v) is 1.51. The molecule has 0 saturated heterocycles. The van der Waals surface area contributed by atoms with Crippen LogP contribution in [0.4, 0.5) is 13.2 Å². The van der Waals surface area contributed by atoms with Crippen molar-refractivity contribution < 1.29 is 18.3 Å². The lowest BCUT2D eigenvalue weighted by Gasteiger charge is -2.16. The Hall–Kier alpha value is -1.20. The maximum absolute atomic E-state index is 12.5. The summed E-state index contributed by atoms with van der Waals surface area (Å²) in [7, 11) is 0. The smallest absolute Gasteiger partial charge is 0.416 e. The minimum atomic E-state index is -4.44. The number of phenolic OH excluding ortho intramolecular Hbond substituents is 1. The minimum absolute atomic E-state index is 0. The Labute approximate surface area is 110 Å². The summed E-state index contributed by atoms with van der Waals surface area (Å²) in [6.45, 7) is 5.36. The summed E-state index contributed by atoms with van der Waals surface area (Å²) in [5.74, 6) is -0.230. The average Bonchev–Trinajstić information content (AvgIpc) is 2.15. The van der Waals surface area contributed by atoms with E-state index in [1.807, 2.05) is 0 Å². The normalized spacial score (nSPS) is 12.7. The van der Waals surface area contributed by atoms with E-state index in [1.165, 1.54) is 0 Å². The molecule has 0 bridgehead atoms. The molecule has 0 aliphatic carbocycles. The molecular weight excluding hydrogens is 267 g/mol. The van der Waals surface area contributed by atoms with Crippen molar-refractivity contribution >= 4 is 12.4 Å². The number of alkyl halides is 3. The Morgan fingerprint density at radius 1 is 1.44 bits per heavy atom. The molecule has 2 nitrogen and oxygen atoms in total. The third kappa shape index (κ3) is 4.23. The van der Waals surface area contributed by atoms with Gasteiger partial charge < -0.3 is 10.8 Å². The molecule has 6 heteroatoms. The number of benzene rings is 1. The third-order valence-electron chi connectivity index (χ3n) is 2.32. The molecule has 18 heavy (non-hydrogen) atoms. The van der Waals surface area contributed by atoms with Gasteiger partial charge in [0.05, 0.1) is 5.56 Å². The van der Waals surface area contributed by atoms with E-state index in [1.54, 1.807) is 6.92 Å². The van der Waals surface area contributed by atoms with Crippen LogP contribution in [0.1, 0.15) is 30.5 Å². The highest BCUT2D eigenvalue weighted by Crippen LogP contribution is 2.34. The third-order valence-corrected chi connectivity index (χ3v) is 2.32. The fraction of sp³-hybridized carbons (Fsp3) is 0.333. The van der Waals surface area contributed by atoms with Gasteiger partial charge in [0, 0.05) is 11.6 Å². The van der Waals surface area contributed by atoms with Gasteiger partial charge in [0.1, 0.15) is 5.75 Å². The molecule has 3 N–H and O–H groups in total. The van der Waals surface area contributed by atoms with Crippen LogP contribution in [-0.2, 0) is 6.18 Å². The van der Waals surface area contributed by atoms with Crippen LogP contribution >= 0.6 is 12.4 Å². The van der Waals surface area contributed by atoms with Gasteiger partial charge in [0.25, 0.3) is 0 Å². The summed E-state index contributed by atoms with van der Waals surface area (Å²) >= 11 is 0. The molecule has 0 unspecified atom stereocenters. The molecule has 1 atom stereocenters. The summed E-state index contributed by atoms with van der Waals surface area (Å²) < 4.78 is 37.5. The van der Waals surface area contributed by atoms with Crippen molar-refractivity contribution in [3.63, 3.8) is 0 Å². The van der Waals surface area contributed by atoms with Crippen molar-refractivity contribution in [1.29, 1.82) is 0 Å². The highest BCUT2D eigenvalue weighted by molar-refractivity contribution is 5.85. The lowest BCUT2D eigenvalue weighted by Crippen LogP contribution is -2.13. The highest BCUT2D eigenvalue weighted by atomic mass is 35.5. The van der Waals surface area contributed by atoms with Gasteiger partial charge in [0.2, 0.25) is 0 Å². The quantitative estimate of drug-likeness (QED) is 0.828. The van der Waals surface area contributed by atoms with Gasteiger partial charge in [0.15, 0.2) is 0 Å². The predicted octanol–water partition coefficient (Wildman–Crippen LogP) is 3.80. The van der Waals surface area contributed by atoms with Crippen LogP contribution in [0.15, 0.2) is 30.4 Å². The summed E-state index contributed by atoms with van der Waals surface area (Å²) in [6, 6.07) is 2.03. The Bertz CT molecular complexity index is 432. The van der Waals surface area contributed by atoms with E-state index in [4.69, 9.17) is 5.73 Å². The topological polar surface area (TPSA) is 46.2 Å². The Balaban J connectivity index is 0.00000289. The van der Waals surface area contributed by atoms with E-state index in [9.17, 15) is 18.3 Å². The molecule has 1 aromatic carbocycles. The molecule has 102 valence electrons. The van der Waals surface area contributed by atoms with Gasteiger partial charge in [-0.3, -0.25) is 0 Å². The number of aromatic hydroxyl groups is 1. The van der Waals surface area contributed by atoms with Gasteiger partial charge in [-0.1, -0.05) is 5.57 Å². The zero-order valence-corrected chi connectivity index (χ0v) is 10.6. The SMILES string of the molecule is C=C(C)C[C@H](N)c1cc(C(F)(F)F)ccc1O.Cl. The van der Waals surface area contributed by atoms with Crippen molar-refractivity contribution in [2.75, 3.05) is 0 Å². The van der Waals surface area contributed by atoms with Crippen molar-refractivity contribution in [1.82, 2.24) is 0 Å². The fourth-order valence-electron chi connectivity index (χ4n) is 1.51. The van der Waals surface area contributed by atoms with E-state index >= 15 is 0 Å². The Morgan fingerprint density at radius 3 is 2.44 bits per heavy atom. The minimum Gasteiger partial charge on any atom is -0.508 e. The van der Waals surface area contributed by atoms with Gasteiger partial charge in [-0.05, 0) is 31.5 Å². The molecular formula is C12H15ClF3NO. The molecule has 1 aromatic rings. The van der Waals surface area contributed by atoms with Crippen LogP contribution in [-0.4, -0.2) is 5.11 Å². The van der Waals surface area contributed by atoms with Gasteiger partial charge >= 0.3 is 6.18 Å². The zero-order chi connectivity index (χ0) is 13.2. The van der Waals surface area contributed by atoms with Gasteiger partial charge in [-0.15, -0.1) is 19.0 Å². The number of rotatable bonds is 3. The standard InChI is InChI=1S/C12H14F3NO.ClH/c1-7(2)5-10(16)9-6-8(12(13,14)15)3-4-11(9)17;/h3-4,6,10,17H,1,5,16H2,2H3;1H/t10-;/m0./s1. The average molecular weight is 282 g/mol. The first kappa shape index (κ1) is 16.8. The van der Waals surface area contributed by atoms with Crippen LogP contribution in [0.2, 0.25) is 0 Å². The lowest BCUT2D eigenvalue weighted by molar-refractivity contribution is -0.137. The second-order valence-corrected chi connectivity index (χ2v) is 4.04. The lowest BCUT2D eigenvalue weighted by atomic mass is 9.98. The van der Waals surface area contributed by atoms with Crippen molar-refractivity contribution in [2.45, 2.75) is 25.6 Å². The summed E-state index contributed by atoms with van der Waals surface area (Å²) in [4.78, 5) is 0.